The number of rotatable bonds is 1. The van der Waals surface area contributed by atoms with E-state index >= 15 is 0 Å². The van der Waals surface area contributed by atoms with Crippen LogP contribution in [0, 0.1) is 0 Å². The van der Waals surface area contributed by atoms with Crippen molar-refractivity contribution < 1.29 is 0 Å². The van der Waals surface area contributed by atoms with E-state index in [0.717, 1.165) is 4.91 Å². The topological polar surface area (TPSA) is 65.7 Å². The molecule has 3 aliphatic heterocycles. The average Bonchev–Trinajstić information content (AvgIpc) is 3.13. The molecule has 114 valence electrons. The first-order valence-corrected chi connectivity index (χ1v) is 11.5. The molecule has 1 aromatic rings. The maximum atomic E-state index is 11.9. The van der Waals surface area contributed by atoms with Gasteiger partial charge in [0.05, 0.1) is 22.5 Å². The third kappa shape index (κ3) is 3.01. The second-order valence-corrected chi connectivity index (χ2v) is 11.5. The third-order valence-corrected chi connectivity index (χ3v) is 11.5. The van der Waals surface area contributed by atoms with E-state index in [1.165, 1.54) is 34.7 Å². The fourth-order valence-electron chi connectivity index (χ4n) is 1.86. The first kappa shape index (κ1) is 15.5. The summed E-state index contributed by atoms with van der Waals surface area (Å²) in [5.74, 6) is 2.35. The largest absolute Gasteiger partial charge is 0.325 e. The van der Waals surface area contributed by atoms with Crippen LogP contribution in [0.5, 0.6) is 0 Å². The monoisotopic (exact) mass is 404 g/mol. The van der Waals surface area contributed by atoms with E-state index in [-0.39, 0.29) is 5.56 Å². The SMILES string of the molecule is O=c1[nH]cc(C2=CSC(=C3SC4=C(SCCS4)S3)S2)c(=O)[nH]1. The van der Waals surface area contributed by atoms with Gasteiger partial charge >= 0.3 is 5.69 Å². The highest BCUT2D eigenvalue weighted by Crippen LogP contribution is 2.64. The summed E-state index contributed by atoms with van der Waals surface area (Å²) < 4.78 is 5.35. The van der Waals surface area contributed by atoms with Crippen molar-refractivity contribution in [3.63, 3.8) is 0 Å². The van der Waals surface area contributed by atoms with E-state index in [9.17, 15) is 9.59 Å². The van der Waals surface area contributed by atoms with Crippen LogP contribution in [0.4, 0.5) is 0 Å². The molecule has 0 saturated carbocycles. The van der Waals surface area contributed by atoms with Crippen LogP contribution < -0.4 is 11.2 Å². The quantitative estimate of drug-likeness (QED) is 0.727. The molecular weight excluding hydrogens is 397 g/mol. The number of aromatic amines is 2. The molecule has 0 amide bonds. The van der Waals surface area contributed by atoms with Crippen molar-refractivity contribution in [2.75, 3.05) is 11.5 Å². The van der Waals surface area contributed by atoms with E-state index in [1.54, 1.807) is 23.5 Å². The molecule has 0 aliphatic carbocycles. The molecular formula is C12H8N2O2S6. The smallest absolute Gasteiger partial charge is 0.313 e. The molecule has 3 aliphatic rings. The van der Waals surface area contributed by atoms with Crippen LogP contribution in [0.25, 0.3) is 4.91 Å². The molecule has 0 radical (unpaired) electrons. The van der Waals surface area contributed by atoms with Gasteiger partial charge in [0.15, 0.2) is 0 Å². The highest BCUT2D eigenvalue weighted by molar-refractivity contribution is 8.43. The molecule has 0 unspecified atom stereocenters. The summed E-state index contributed by atoms with van der Waals surface area (Å²) in [5.41, 5.74) is -0.303. The van der Waals surface area contributed by atoms with Crippen LogP contribution >= 0.6 is 70.6 Å². The van der Waals surface area contributed by atoms with Gasteiger partial charge < -0.3 is 4.98 Å². The molecule has 1 aromatic heterocycles. The lowest BCUT2D eigenvalue weighted by Gasteiger charge is -2.08. The fraction of sp³-hybridized carbons (Fsp3) is 0.167. The normalized spacial score (nSPS) is 21.4. The molecule has 2 N–H and O–H groups in total. The number of nitrogens with one attached hydrogen (secondary N) is 2. The summed E-state index contributed by atoms with van der Waals surface area (Å²) in [6.45, 7) is 0. The fourth-order valence-corrected chi connectivity index (χ4v) is 10.4. The van der Waals surface area contributed by atoms with Crippen molar-refractivity contribution in [3.05, 3.63) is 55.0 Å². The lowest BCUT2D eigenvalue weighted by molar-refractivity contribution is 1.03. The highest BCUT2D eigenvalue weighted by atomic mass is 32.3. The predicted molar refractivity (Wildman–Crippen MR) is 105 cm³/mol. The van der Waals surface area contributed by atoms with E-state index in [2.05, 4.69) is 9.97 Å². The predicted octanol–water partition coefficient (Wildman–Crippen LogP) is 4.05. The van der Waals surface area contributed by atoms with Crippen molar-refractivity contribution in [1.29, 1.82) is 0 Å². The number of aromatic nitrogens is 2. The second-order valence-electron chi connectivity index (χ2n) is 4.24. The van der Waals surface area contributed by atoms with Gasteiger partial charge in [0.25, 0.3) is 5.56 Å². The zero-order valence-corrected chi connectivity index (χ0v) is 15.7. The van der Waals surface area contributed by atoms with Crippen LogP contribution in [0.2, 0.25) is 0 Å². The van der Waals surface area contributed by atoms with Gasteiger partial charge in [0.1, 0.15) is 0 Å². The zero-order chi connectivity index (χ0) is 15.1. The van der Waals surface area contributed by atoms with Gasteiger partial charge in [-0.1, -0.05) is 47.0 Å². The Balaban J connectivity index is 1.56. The van der Waals surface area contributed by atoms with Gasteiger partial charge in [-0.25, -0.2) is 4.79 Å². The van der Waals surface area contributed by atoms with Gasteiger partial charge in [-0.15, -0.1) is 23.5 Å². The van der Waals surface area contributed by atoms with Crippen LogP contribution in [0.3, 0.4) is 0 Å². The molecule has 0 fully saturated rings. The Hall–Kier alpha value is -0.000000000000000222. The van der Waals surface area contributed by atoms with E-state index in [4.69, 9.17) is 0 Å². The lowest BCUT2D eigenvalue weighted by atomic mass is 10.3. The maximum Gasteiger partial charge on any atom is 0.325 e. The molecule has 4 nitrogen and oxygen atoms in total. The molecule has 0 aromatic carbocycles. The Morgan fingerprint density at radius 2 is 1.64 bits per heavy atom. The number of thioether (sulfide) groups is 6. The number of hydrogen-bond acceptors (Lipinski definition) is 8. The van der Waals surface area contributed by atoms with Crippen LogP contribution in [0.1, 0.15) is 5.56 Å². The molecule has 4 heterocycles. The molecule has 0 bridgehead atoms. The van der Waals surface area contributed by atoms with Crippen molar-refractivity contribution in [3.8, 4) is 0 Å². The number of hydrogen-bond donors (Lipinski definition) is 2. The average molecular weight is 405 g/mol. The minimum atomic E-state index is -0.476. The zero-order valence-electron chi connectivity index (χ0n) is 10.8. The van der Waals surface area contributed by atoms with Crippen molar-refractivity contribution in [1.82, 2.24) is 9.97 Å². The molecule has 0 atom stereocenters. The van der Waals surface area contributed by atoms with Crippen molar-refractivity contribution in [2.24, 2.45) is 0 Å². The molecule has 10 heteroatoms. The van der Waals surface area contributed by atoms with Crippen molar-refractivity contribution in [2.45, 2.75) is 0 Å². The summed E-state index contributed by atoms with van der Waals surface area (Å²) in [5, 5.41) is 1.98. The summed E-state index contributed by atoms with van der Waals surface area (Å²) in [4.78, 5) is 28.7. The maximum absolute atomic E-state index is 11.9. The van der Waals surface area contributed by atoms with Crippen LogP contribution in [-0.2, 0) is 0 Å². The van der Waals surface area contributed by atoms with E-state index in [1.807, 2.05) is 52.5 Å². The van der Waals surface area contributed by atoms with Crippen LogP contribution in [-0.4, -0.2) is 21.5 Å². The van der Waals surface area contributed by atoms with Crippen LogP contribution in [0.15, 0.2) is 38.1 Å². The molecule has 22 heavy (non-hydrogen) atoms. The Bertz CT molecular complexity index is 830. The third-order valence-electron chi connectivity index (χ3n) is 2.81. The Morgan fingerprint density at radius 1 is 0.909 bits per heavy atom. The summed E-state index contributed by atoms with van der Waals surface area (Å²) in [6.07, 6.45) is 1.48. The minimum Gasteiger partial charge on any atom is -0.313 e. The Kier molecular flexibility index (Phi) is 4.57. The molecule has 0 spiro atoms. The van der Waals surface area contributed by atoms with Gasteiger partial charge in [-0.3, -0.25) is 9.78 Å². The lowest BCUT2D eigenvalue weighted by Crippen LogP contribution is -2.23. The number of H-pyrrole nitrogens is 2. The van der Waals surface area contributed by atoms with E-state index in [0.29, 0.717) is 5.56 Å². The summed E-state index contributed by atoms with van der Waals surface area (Å²) >= 11 is 10.8. The first-order chi connectivity index (χ1) is 10.7. The van der Waals surface area contributed by atoms with Gasteiger partial charge in [-0.05, 0) is 5.41 Å². The minimum absolute atomic E-state index is 0.343. The van der Waals surface area contributed by atoms with Crippen molar-refractivity contribution >= 4 is 75.5 Å². The first-order valence-electron chi connectivity index (χ1n) is 6.17. The summed E-state index contributed by atoms with van der Waals surface area (Å²) in [6, 6.07) is 0. The standard InChI is InChI=1S/C12H8N2O2S6/c15-7-5(3-13-12(16)14-7)6-4-19-10(20-6)11-21-8-9(22-11)18-2-1-17-8/h3-4H,1-2H2,(H2,13,14,15,16). The van der Waals surface area contributed by atoms with Gasteiger partial charge in [-0.2, -0.15) is 0 Å². The second kappa shape index (κ2) is 6.48. The molecule has 4 rings (SSSR count). The Labute approximate surface area is 151 Å². The molecule has 0 saturated heterocycles. The summed E-state index contributed by atoms with van der Waals surface area (Å²) in [7, 11) is 0. The van der Waals surface area contributed by atoms with Gasteiger partial charge in [0, 0.05) is 22.6 Å². The highest BCUT2D eigenvalue weighted by Gasteiger charge is 2.29. The van der Waals surface area contributed by atoms with Gasteiger partial charge in [0.2, 0.25) is 0 Å². The Morgan fingerprint density at radius 3 is 2.32 bits per heavy atom. The van der Waals surface area contributed by atoms with E-state index < -0.39 is 5.69 Å².